The quantitative estimate of drug-likeness (QED) is 0.647. The zero-order valence-electron chi connectivity index (χ0n) is 19.2. The van der Waals surface area contributed by atoms with Crippen molar-refractivity contribution >= 4 is 33.3 Å². The van der Waals surface area contributed by atoms with Crippen molar-refractivity contribution in [3.05, 3.63) is 64.5 Å². The number of alkyl halides is 1. The molecule has 0 aliphatic carbocycles. The molecule has 4 rings (SSSR count). The highest BCUT2D eigenvalue weighted by molar-refractivity contribution is 7.94. The van der Waals surface area contributed by atoms with E-state index in [4.69, 9.17) is 16.3 Å². The molecule has 2 atom stereocenters. The van der Waals surface area contributed by atoms with Crippen LogP contribution in [0.15, 0.2) is 53.9 Å². The molecule has 1 N–H and O–H groups in total. The van der Waals surface area contributed by atoms with Crippen molar-refractivity contribution in [1.29, 1.82) is 0 Å². The Kier molecular flexibility index (Phi) is 7.19. The molecule has 0 aromatic heterocycles. The molecule has 1 fully saturated rings. The van der Waals surface area contributed by atoms with Crippen molar-refractivity contribution in [3.8, 4) is 16.9 Å². The minimum absolute atomic E-state index is 0.0373. The van der Waals surface area contributed by atoms with Crippen LogP contribution in [0.5, 0.6) is 5.75 Å². The summed E-state index contributed by atoms with van der Waals surface area (Å²) in [4.78, 5) is 27.8. The Morgan fingerprint density at radius 2 is 1.91 bits per heavy atom. The van der Waals surface area contributed by atoms with E-state index in [9.17, 15) is 18.0 Å². The summed E-state index contributed by atoms with van der Waals surface area (Å²) in [6.07, 6.45) is 1.38. The van der Waals surface area contributed by atoms with Gasteiger partial charge in [0.15, 0.2) is 15.5 Å². The summed E-state index contributed by atoms with van der Waals surface area (Å²) < 4.78 is 44.2. The number of ether oxygens (including phenoxy) is 1. The average molecular weight is 521 g/mol. The second kappa shape index (κ2) is 9.99. The van der Waals surface area contributed by atoms with Gasteiger partial charge in [0.25, 0.3) is 11.8 Å². The Bertz CT molecular complexity index is 1280. The zero-order valence-corrected chi connectivity index (χ0v) is 20.7. The fraction of sp³-hybridized carbons (Fsp3) is 0.360. The van der Waals surface area contributed by atoms with E-state index in [1.807, 2.05) is 12.1 Å². The van der Waals surface area contributed by atoms with E-state index in [1.54, 1.807) is 30.3 Å². The summed E-state index contributed by atoms with van der Waals surface area (Å²) >= 11 is 6.40. The number of nitrogens with one attached hydrogen (secondary N) is 1. The van der Waals surface area contributed by atoms with E-state index < -0.39 is 27.5 Å². The maximum absolute atomic E-state index is 15.6. The maximum Gasteiger partial charge on any atom is 0.258 e. The Balaban J connectivity index is 1.52. The van der Waals surface area contributed by atoms with Gasteiger partial charge in [-0.3, -0.25) is 9.59 Å². The monoisotopic (exact) mass is 520 g/mol. The fourth-order valence-corrected chi connectivity index (χ4v) is 5.88. The van der Waals surface area contributed by atoms with Gasteiger partial charge in [0.05, 0.1) is 18.9 Å². The van der Waals surface area contributed by atoms with Crippen molar-refractivity contribution in [2.45, 2.75) is 31.0 Å². The van der Waals surface area contributed by atoms with Gasteiger partial charge in [-0.1, -0.05) is 29.8 Å². The summed E-state index contributed by atoms with van der Waals surface area (Å²) in [6, 6.07) is 11.5. The lowest BCUT2D eigenvalue weighted by Gasteiger charge is -2.25. The van der Waals surface area contributed by atoms with Crippen LogP contribution in [0, 0.1) is 0 Å². The van der Waals surface area contributed by atoms with Gasteiger partial charge in [-0.15, -0.1) is 0 Å². The number of nitrogens with zero attached hydrogens (tertiary/aromatic N) is 1. The van der Waals surface area contributed by atoms with Gasteiger partial charge < -0.3 is 15.0 Å². The van der Waals surface area contributed by atoms with E-state index in [0.717, 1.165) is 5.41 Å². The number of methoxy groups -OCH3 is 1. The molecule has 0 unspecified atom stereocenters. The fourth-order valence-electron chi connectivity index (χ4n) is 4.40. The second-order valence-electron chi connectivity index (χ2n) is 8.74. The molecular weight excluding hydrogens is 495 g/mol. The number of hydrogen-bond acceptors (Lipinski definition) is 5. The standard InChI is InChI=1S/C25H26ClFN2O5S/c1-34-18-7-8-20(21(15-18)19-5-2-3-6-22(19)26)23(30)29-12-4-10-25(27,11-13-29)24(31)28-17-9-14-35(32,33)16-17/h2-3,5-9,14-15,17H,4,10-13,16H2,1H3,(H,28,31)/t17-,25-/m1/s1. The highest BCUT2D eigenvalue weighted by Crippen LogP contribution is 2.35. The number of halogens is 2. The number of carbonyl (C=O) groups is 2. The Morgan fingerprint density at radius 3 is 2.60 bits per heavy atom. The minimum atomic E-state index is -3.37. The minimum Gasteiger partial charge on any atom is -0.497 e. The molecule has 1 saturated heterocycles. The molecular formula is C25H26ClFN2O5S. The van der Waals surface area contributed by atoms with Crippen LogP contribution in [-0.4, -0.2) is 62.8 Å². The second-order valence-corrected chi connectivity index (χ2v) is 11.1. The third-order valence-corrected chi connectivity index (χ3v) is 8.07. The summed E-state index contributed by atoms with van der Waals surface area (Å²) in [7, 11) is -1.84. The van der Waals surface area contributed by atoms with Gasteiger partial charge >= 0.3 is 0 Å². The van der Waals surface area contributed by atoms with Gasteiger partial charge in [0.2, 0.25) is 0 Å². The van der Waals surface area contributed by atoms with Crippen LogP contribution in [0.4, 0.5) is 4.39 Å². The number of hydrogen-bond donors (Lipinski definition) is 1. The lowest BCUT2D eigenvalue weighted by atomic mass is 9.95. The summed E-state index contributed by atoms with van der Waals surface area (Å²) in [6.45, 7) is 0.318. The summed E-state index contributed by atoms with van der Waals surface area (Å²) in [5.41, 5.74) is -0.524. The molecule has 2 heterocycles. The van der Waals surface area contributed by atoms with E-state index >= 15 is 4.39 Å². The molecule has 0 spiro atoms. The van der Waals surface area contributed by atoms with Crippen LogP contribution in [0.2, 0.25) is 5.02 Å². The van der Waals surface area contributed by atoms with Gasteiger partial charge in [-0.25, -0.2) is 12.8 Å². The molecule has 2 amide bonds. The van der Waals surface area contributed by atoms with E-state index in [0.29, 0.717) is 27.5 Å². The van der Waals surface area contributed by atoms with Crippen LogP contribution in [-0.2, 0) is 14.6 Å². The predicted octanol–water partition coefficient (Wildman–Crippen LogP) is 3.78. The molecule has 0 saturated carbocycles. The number of carbonyl (C=O) groups excluding carboxylic acids is 2. The molecule has 2 aromatic rings. The van der Waals surface area contributed by atoms with Gasteiger partial charge in [0, 0.05) is 41.1 Å². The normalized spacial score (nSPS) is 23.5. The highest BCUT2D eigenvalue weighted by Gasteiger charge is 2.42. The van der Waals surface area contributed by atoms with Gasteiger partial charge in [0.1, 0.15) is 5.75 Å². The Morgan fingerprint density at radius 1 is 1.14 bits per heavy atom. The van der Waals surface area contributed by atoms with E-state index in [-0.39, 0.29) is 44.0 Å². The number of benzene rings is 2. The SMILES string of the molecule is COc1ccc(C(=O)N2CCC[C@](F)(C(=O)N[C@@H]3C=CS(=O)(=O)C3)CC2)c(-c2ccccc2Cl)c1. The largest absolute Gasteiger partial charge is 0.497 e. The van der Waals surface area contributed by atoms with Crippen molar-refractivity contribution in [2.24, 2.45) is 0 Å². The molecule has 2 aliphatic rings. The van der Waals surface area contributed by atoms with Crippen molar-refractivity contribution in [1.82, 2.24) is 10.2 Å². The number of amides is 2. The highest BCUT2D eigenvalue weighted by atomic mass is 35.5. The first-order valence-electron chi connectivity index (χ1n) is 11.2. The van der Waals surface area contributed by atoms with Crippen LogP contribution < -0.4 is 10.1 Å². The number of sulfone groups is 1. The molecule has 7 nitrogen and oxygen atoms in total. The maximum atomic E-state index is 15.6. The molecule has 0 bridgehead atoms. The Hall–Kier alpha value is -2.91. The first kappa shape index (κ1) is 25.2. The third-order valence-electron chi connectivity index (χ3n) is 6.34. The summed E-state index contributed by atoms with van der Waals surface area (Å²) in [5.74, 6) is -0.853. The first-order valence-corrected chi connectivity index (χ1v) is 13.3. The lowest BCUT2D eigenvalue weighted by molar-refractivity contribution is -0.134. The van der Waals surface area contributed by atoms with Gasteiger partial charge in [-0.2, -0.15) is 0 Å². The molecule has 35 heavy (non-hydrogen) atoms. The summed E-state index contributed by atoms with van der Waals surface area (Å²) in [5, 5.41) is 4.00. The zero-order chi connectivity index (χ0) is 25.2. The van der Waals surface area contributed by atoms with Crippen LogP contribution in [0.3, 0.4) is 0 Å². The average Bonchev–Trinajstić information content (AvgIpc) is 3.05. The molecule has 2 aliphatic heterocycles. The molecule has 0 radical (unpaired) electrons. The van der Waals surface area contributed by atoms with Crippen molar-refractivity contribution in [3.63, 3.8) is 0 Å². The molecule has 10 heteroatoms. The molecule has 186 valence electrons. The van der Waals surface area contributed by atoms with Crippen LogP contribution >= 0.6 is 11.6 Å². The third kappa shape index (κ3) is 5.51. The smallest absolute Gasteiger partial charge is 0.258 e. The molecule has 2 aromatic carbocycles. The van der Waals surface area contributed by atoms with Crippen LogP contribution in [0.1, 0.15) is 29.6 Å². The number of rotatable bonds is 5. The lowest BCUT2D eigenvalue weighted by Crippen LogP contribution is -2.48. The number of likely N-dealkylation sites (tertiary alicyclic amines) is 1. The predicted molar refractivity (Wildman–Crippen MR) is 132 cm³/mol. The van der Waals surface area contributed by atoms with Crippen LogP contribution in [0.25, 0.3) is 11.1 Å². The van der Waals surface area contributed by atoms with Crippen molar-refractivity contribution < 1.29 is 27.1 Å². The first-order chi connectivity index (χ1) is 16.6. The van der Waals surface area contributed by atoms with Gasteiger partial charge in [-0.05, 0) is 48.7 Å². The van der Waals surface area contributed by atoms with Crippen molar-refractivity contribution in [2.75, 3.05) is 26.0 Å². The topological polar surface area (TPSA) is 92.8 Å². The Labute approximate surface area is 208 Å². The van der Waals surface area contributed by atoms with E-state index in [1.165, 1.54) is 18.1 Å². The van der Waals surface area contributed by atoms with E-state index in [2.05, 4.69) is 5.32 Å².